The molecule has 1 saturated heterocycles. The van der Waals surface area contributed by atoms with Crippen LogP contribution in [0.15, 0.2) is 58.6 Å². The van der Waals surface area contributed by atoms with Crippen LogP contribution in [0.3, 0.4) is 0 Å². The zero-order valence-corrected chi connectivity index (χ0v) is 23.9. The molecule has 3 aliphatic rings. The highest BCUT2D eigenvalue weighted by molar-refractivity contribution is 6.23. The molecule has 0 aromatic heterocycles. The monoisotopic (exact) mass is 558 g/mol. The largest absolute Gasteiger partial charge is 0.492 e. The molecule has 7 atom stereocenters. The first-order valence-electron chi connectivity index (χ1n) is 13.0. The quantitative estimate of drug-likeness (QED) is 0.391. The van der Waals surface area contributed by atoms with Crippen LogP contribution < -0.4 is 11.1 Å². The first-order chi connectivity index (χ1) is 18.9. The Morgan fingerprint density at radius 1 is 1.10 bits per heavy atom. The lowest BCUT2D eigenvalue weighted by molar-refractivity contribution is -0.155. The number of allylic oxidation sites excluding steroid dienone is 4. The van der Waals surface area contributed by atoms with E-state index >= 15 is 0 Å². The van der Waals surface area contributed by atoms with Crippen molar-refractivity contribution in [2.75, 3.05) is 21.3 Å². The van der Waals surface area contributed by atoms with Crippen LogP contribution in [-0.2, 0) is 38.1 Å². The van der Waals surface area contributed by atoms with Crippen molar-refractivity contribution in [3.05, 3.63) is 58.6 Å². The van der Waals surface area contributed by atoms with E-state index in [2.05, 4.69) is 5.32 Å². The van der Waals surface area contributed by atoms with Crippen LogP contribution in [0, 0.1) is 11.8 Å². The lowest BCUT2D eigenvalue weighted by atomic mass is 9.80. The number of fused-ring (bicyclic) bond motifs is 5. The standard InChI is InChI=1S/C29H38N2O9/c1-14-9-8-10-20(36-5)24(40-29(30)35)15(2)11-16(3)25-21(37-6)12-17(4)26(39-25)22-23(33)18(31-28(14)34)13-19(32)27(22)38-7/h8-11,13,16-17,20-21,24-26H,12H2,1-7H3,(H2,30,35)(H,31,34). The molecular weight excluding hydrogens is 520 g/mol. The van der Waals surface area contributed by atoms with Crippen molar-refractivity contribution >= 4 is 23.6 Å². The van der Waals surface area contributed by atoms with Crippen LogP contribution in [0.25, 0.3) is 0 Å². The summed E-state index contributed by atoms with van der Waals surface area (Å²) in [6.45, 7) is 7.14. The lowest BCUT2D eigenvalue weighted by Gasteiger charge is -2.43. The van der Waals surface area contributed by atoms with Gasteiger partial charge in [-0.2, -0.15) is 0 Å². The topological polar surface area (TPSA) is 152 Å². The van der Waals surface area contributed by atoms with Gasteiger partial charge in [-0.15, -0.1) is 0 Å². The van der Waals surface area contributed by atoms with Gasteiger partial charge < -0.3 is 34.7 Å². The summed E-state index contributed by atoms with van der Waals surface area (Å²) >= 11 is 0. The highest BCUT2D eigenvalue weighted by Crippen LogP contribution is 2.38. The number of hydrogen-bond acceptors (Lipinski definition) is 9. The summed E-state index contributed by atoms with van der Waals surface area (Å²) in [5.41, 5.74) is 6.15. The van der Waals surface area contributed by atoms with E-state index in [-0.39, 0.29) is 40.5 Å². The Balaban J connectivity index is 2.19. The number of rotatable bonds is 4. The van der Waals surface area contributed by atoms with Crippen molar-refractivity contribution in [3.8, 4) is 0 Å². The Labute approximate surface area is 234 Å². The van der Waals surface area contributed by atoms with Crippen molar-refractivity contribution < 1.29 is 42.9 Å². The predicted octanol–water partition coefficient (Wildman–Crippen LogP) is 2.42. The zero-order valence-electron chi connectivity index (χ0n) is 23.9. The van der Waals surface area contributed by atoms with Gasteiger partial charge in [0.25, 0.3) is 5.91 Å². The number of amides is 2. The predicted molar refractivity (Wildman–Crippen MR) is 145 cm³/mol. The SMILES string of the molecule is COC1=C2C(=O)C(=CC1=O)NC(=O)C(C)=CC=CC(OC)C(OC(N)=O)C(C)=CC(C)C1OC2C(C)CC1OC. The summed E-state index contributed by atoms with van der Waals surface area (Å²) in [6, 6.07) is 0. The number of Topliss-reactive ketones (excluding diaryl/α,β-unsaturated/α-hetero) is 1. The van der Waals surface area contributed by atoms with Gasteiger partial charge >= 0.3 is 6.09 Å². The van der Waals surface area contributed by atoms with Crippen molar-refractivity contribution in [2.45, 2.75) is 64.6 Å². The fraction of sp³-hybridized carbons (Fsp3) is 0.517. The number of ketones is 2. The number of ether oxygens (including phenoxy) is 5. The maximum absolute atomic E-state index is 13.7. The van der Waals surface area contributed by atoms with Gasteiger partial charge in [-0.05, 0) is 31.8 Å². The van der Waals surface area contributed by atoms with Crippen molar-refractivity contribution in [2.24, 2.45) is 17.6 Å². The van der Waals surface area contributed by atoms with Gasteiger partial charge in [0.05, 0.1) is 36.7 Å². The summed E-state index contributed by atoms with van der Waals surface area (Å²) in [4.78, 5) is 51.4. The van der Waals surface area contributed by atoms with Gasteiger partial charge in [0.1, 0.15) is 6.10 Å². The van der Waals surface area contributed by atoms with Crippen LogP contribution in [-0.4, -0.2) is 75.4 Å². The zero-order chi connectivity index (χ0) is 29.7. The van der Waals surface area contributed by atoms with E-state index in [1.165, 1.54) is 20.3 Å². The highest BCUT2D eigenvalue weighted by atomic mass is 16.6. The van der Waals surface area contributed by atoms with Crippen LogP contribution in [0.4, 0.5) is 4.79 Å². The molecule has 2 aliphatic heterocycles. The van der Waals surface area contributed by atoms with Crippen LogP contribution in [0.1, 0.15) is 34.1 Å². The summed E-state index contributed by atoms with van der Waals surface area (Å²) in [7, 11) is 4.36. The Morgan fingerprint density at radius 3 is 2.40 bits per heavy atom. The number of primary amides is 1. The molecule has 11 nitrogen and oxygen atoms in total. The average Bonchev–Trinajstić information content (AvgIpc) is 2.90. The highest BCUT2D eigenvalue weighted by Gasteiger charge is 2.45. The number of nitrogens with two attached hydrogens (primary N) is 1. The smallest absolute Gasteiger partial charge is 0.405 e. The number of nitrogens with one attached hydrogen (secondary N) is 1. The molecule has 0 spiro atoms. The third kappa shape index (κ3) is 6.60. The molecule has 2 heterocycles. The molecule has 0 radical (unpaired) electrons. The van der Waals surface area contributed by atoms with Crippen LogP contribution >= 0.6 is 0 Å². The number of carbonyl (C=O) groups is 4. The van der Waals surface area contributed by atoms with Crippen molar-refractivity contribution in [1.82, 2.24) is 5.32 Å². The molecule has 0 aromatic carbocycles. The molecule has 40 heavy (non-hydrogen) atoms. The molecule has 0 saturated carbocycles. The molecular formula is C29H38N2O9. The Bertz CT molecular complexity index is 1200. The summed E-state index contributed by atoms with van der Waals surface area (Å²) in [5, 5.41) is 2.55. The maximum atomic E-state index is 13.7. The second-order valence-electron chi connectivity index (χ2n) is 10.2. The number of methoxy groups -OCH3 is 3. The Hall–Kier alpha value is -3.54. The molecule has 0 aromatic rings. The minimum absolute atomic E-state index is 0.0467. The van der Waals surface area contributed by atoms with E-state index in [0.717, 1.165) is 6.08 Å². The van der Waals surface area contributed by atoms with Crippen molar-refractivity contribution in [1.29, 1.82) is 0 Å². The first-order valence-corrected chi connectivity index (χ1v) is 13.0. The molecule has 7 unspecified atom stereocenters. The van der Waals surface area contributed by atoms with E-state index in [1.54, 1.807) is 33.1 Å². The second kappa shape index (κ2) is 13.2. The third-order valence-corrected chi connectivity index (χ3v) is 7.38. The minimum Gasteiger partial charge on any atom is -0.492 e. The van der Waals surface area contributed by atoms with E-state index in [9.17, 15) is 19.2 Å². The summed E-state index contributed by atoms with van der Waals surface area (Å²) < 4.78 is 28.7. The Kier molecular flexibility index (Phi) is 10.2. The first kappa shape index (κ1) is 31.0. The van der Waals surface area contributed by atoms with Gasteiger partial charge in [0, 0.05) is 31.8 Å². The summed E-state index contributed by atoms with van der Waals surface area (Å²) in [6.07, 6.45) is 3.87. The maximum Gasteiger partial charge on any atom is 0.405 e. The molecule has 3 rings (SSSR count). The van der Waals surface area contributed by atoms with Gasteiger partial charge in [0.2, 0.25) is 11.6 Å². The van der Waals surface area contributed by atoms with Gasteiger partial charge in [-0.3, -0.25) is 14.4 Å². The molecule has 11 heteroatoms. The van der Waals surface area contributed by atoms with Gasteiger partial charge in [-0.25, -0.2) is 4.79 Å². The molecule has 4 bridgehead atoms. The fourth-order valence-electron chi connectivity index (χ4n) is 5.32. The summed E-state index contributed by atoms with van der Waals surface area (Å²) in [5.74, 6) is -2.35. The third-order valence-electron chi connectivity index (χ3n) is 7.38. The molecule has 3 N–H and O–H groups in total. The fourth-order valence-corrected chi connectivity index (χ4v) is 5.32. The van der Waals surface area contributed by atoms with E-state index in [0.29, 0.717) is 12.0 Å². The number of carbonyl (C=O) groups excluding carboxylic acids is 4. The lowest BCUT2D eigenvalue weighted by Crippen LogP contribution is -2.50. The van der Waals surface area contributed by atoms with E-state index < -0.39 is 48.0 Å². The molecule has 218 valence electrons. The molecule has 2 amide bonds. The van der Waals surface area contributed by atoms with E-state index in [1.807, 2.05) is 19.9 Å². The van der Waals surface area contributed by atoms with Crippen LogP contribution in [0.2, 0.25) is 0 Å². The molecule has 1 aliphatic carbocycles. The molecule has 1 fully saturated rings. The number of hydrogen-bond donors (Lipinski definition) is 2. The minimum atomic E-state index is -0.974. The van der Waals surface area contributed by atoms with Crippen molar-refractivity contribution in [3.63, 3.8) is 0 Å². The van der Waals surface area contributed by atoms with Gasteiger partial charge in [0.15, 0.2) is 11.9 Å². The van der Waals surface area contributed by atoms with E-state index in [4.69, 9.17) is 29.4 Å². The Morgan fingerprint density at radius 2 is 1.80 bits per heavy atom. The van der Waals surface area contributed by atoms with Crippen LogP contribution in [0.5, 0.6) is 0 Å². The second-order valence-corrected chi connectivity index (χ2v) is 10.2. The average molecular weight is 559 g/mol. The normalized spacial score (nSPS) is 31.9. The van der Waals surface area contributed by atoms with Gasteiger partial charge in [-0.1, -0.05) is 38.2 Å².